The third-order valence-corrected chi connectivity index (χ3v) is 7.17. The predicted octanol–water partition coefficient (Wildman–Crippen LogP) is 3.15. The van der Waals surface area contributed by atoms with Crippen molar-refractivity contribution in [2.45, 2.75) is 12.3 Å². The zero-order chi connectivity index (χ0) is 27.2. The Labute approximate surface area is 230 Å². The molecule has 13 heteroatoms. The van der Waals surface area contributed by atoms with Crippen LogP contribution in [0.3, 0.4) is 0 Å². The van der Waals surface area contributed by atoms with Gasteiger partial charge in [0.1, 0.15) is 11.6 Å². The second kappa shape index (κ2) is 15.7. The van der Waals surface area contributed by atoms with Gasteiger partial charge in [-0.25, -0.2) is 19.2 Å². The summed E-state index contributed by atoms with van der Waals surface area (Å²) >= 11 is 3.07. The zero-order valence-corrected chi connectivity index (χ0v) is 23.0. The topological polar surface area (TPSA) is 135 Å². The van der Waals surface area contributed by atoms with E-state index >= 15 is 0 Å². The standard InChI is InChI=1S/C25H34FN9OS2/c1-34(13-14-35(22-4-2-3-9-29-22)16-19-5-7-20(26)8-6-19)12-10-30-24(36)31-11-15-37-17-21-18-38-25(32-21)33-23(27)28/h2-9,18H,10-17H2,1H3,(H2,30,31,36)(H4,27,28,32,33). The maximum Gasteiger partial charge on any atom is 0.314 e. The summed E-state index contributed by atoms with van der Waals surface area (Å²) in [4.78, 5) is 25.2. The van der Waals surface area contributed by atoms with E-state index in [2.05, 4.69) is 35.7 Å². The number of rotatable bonds is 15. The second-order valence-corrected chi connectivity index (χ2v) is 10.4. The molecular weight excluding hydrogens is 525 g/mol. The third kappa shape index (κ3) is 10.9. The number of thiazole rings is 1. The average molecular weight is 560 g/mol. The molecule has 3 rings (SSSR count). The van der Waals surface area contributed by atoms with E-state index in [4.69, 9.17) is 11.1 Å². The highest BCUT2D eigenvalue weighted by molar-refractivity contribution is 7.98. The summed E-state index contributed by atoms with van der Waals surface area (Å²) in [7, 11) is 2.01. The third-order valence-electron chi connectivity index (χ3n) is 5.37. The number of guanidine groups is 1. The van der Waals surface area contributed by atoms with Gasteiger partial charge in [-0.15, -0.1) is 11.3 Å². The molecule has 1 aromatic carbocycles. The first-order valence-electron chi connectivity index (χ1n) is 12.1. The molecule has 2 heterocycles. The summed E-state index contributed by atoms with van der Waals surface area (Å²) in [6.07, 6.45) is 1.76. The van der Waals surface area contributed by atoms with Crippen LogP contribution in [0.15, 0.2) is 54.0 Å². The highest BCUT2D eigenvalue weighted by Gasteiger charge is 2.11. The highest BCUT2D eigenvalue weighted by Crippen LogP contribution is 2.19. The number of carbonyl (C=O) groups is 1. The number of halogens is 1. The number of urea groups is 1. The number of thioether (sulfide) groups is 1. The van der Waals surface area contributed by atoms with E-state index in [1.165, 1.54) is 23.5 Å². The Balaban J connectivity index is 1.30. The van der Waals surface area contributed by atoms with Gasteiger partial charge < -0.3 is 31.5 Å². The van der Waals surface area contributed by atoms with Crippen LogP contribution in [0.1, 0.15) is 11.3 Å². The van der Waals surface area contributed by atoms with Crippen LogP contribution in [0.4, 0.5) is 20.1 Å². The minimum Gasteiger partial charge on any atom is -0.370 e. The molecule has 6 N–H and O–H groups in total. The minimum atomic E-state index is -0.248. The van der Waals surface area contributed by atoms with Gasteiger partial charge in [-0.2, -0.15) is 11.8 Å². The molecule has 0 radical (unpaired) electrons. The Morgan fingerprint density at radius 1 is 1.13 bits per heavy atom. The number of nitrogens with one attached hydrogen (secondary N) is 4. The van der Waals surface area contributed by atoms with Crippen molar-refractivity contribution < 1.29 is 9.18 Å². The maximum absolute atomic E-state index is 13.3. The van der Waals surface area contributed by atoms with Gasteiger partial charge in [0.25, 0.3) is 0 Å². The molecule has 0 saturated heterocycles. The van der Waals surface area contributed by atoms with E-state index in [1.54, 1.807) is 30.1 Å². The molecule has 0 atom stereocenters. The molecule has 0 fully saturated rings. The molecule has 0 aliphatic heterocycles. The lowest BCUT2D eigenvalue weighted by Crippen LogP contribution is -2.41. The Morgan fingerprint density at radius 3 is 2.66 bits per heavy atom. The largest absolute Gasteiger partial charge is 0.370 e. The van der Waals surface area contributed by atoms with Crippen LogP contribution in [0.25, 0.3) is 0 Å². The van der Waals surface area contributed by atoms with Gasteiger partial charge in [-0.3, -0.25) is 5.41 Å². The molecular formula is C25H34FN9OS2. The predicted molar refractivity (Wildman–Crippen MR) is 154 cm³/mol. The average Bonchev–Trinajstić information content (AvgIpc) is 3.34. The van der Waals surface area contributed by atoms with Crippen LogP contribution in [0.5, 0.6) is 0 Å². The lowest BCUT2D eigenvalue weighted by Gasteiger charge is -2.27. The van der Waals surface area contributed by atoms with Crippen molar-refractivity contribution >= 4 is 46.0 Å². The molecule has 0 aliphatic rings. The van der Waals surface area contributed by atoms with Crippen molar-refractivity contribution in [3.05, 3.63) is 71.1 Å². The van der Waals surface area contributed by atoms with Crippen molar-refractivity contribution in [1.29, 1.82) is 5.41 Å². The molecule has 0 unspecified atom stereocenters. The van der Waals surface area contributed by atoms with Gasteiger partial charge >= 0.3 is 6.03 Å². The Bertz CT molecular complexity index is 1130. The molecule has 0 aliphatic carbocycles. The zero-order valence-electron chi connectivity index (χ0n) is 21.3. The first-order chi connectivity index (χ1) is 18.4. The van der Waals surface area contributed by atoms with E-state index in [9.17, 15) is 9.18 Å². The second-order valence-electron chi connectivity index (χ2n) is 8.46. The van der Waals surface area contributed by atoms with E-state index in [-0.39, 0.29) is 17.8 Å². The van der Waals surface area contributed by atoms with Crippen molar-refractivity contribution in [3.63, 3.8) is 0 Å². The Hall–Kier alpha value is -3.42. The van der Waals surface area contributed by atoms with Crippen LogP contribution in [0, 0.1) is 11.2 Å². The summed E-state index contributed by atoms with van der Waals surface area (Å²) in [5, 5.41) is 18.2. The van der Waals surface area contributed by atoms with E-state index in [0.717, 1.165) is 41.7 Å². The lowest BCUT2D eigenvalue weighted by molar-refractivity contribution is 0.239. The van der Waals surface area contributed by atoms with Crippen LogP contribution in [0.2, 0.25) is 0 Å². The quantitative estimate of drug-likeness (QED) is 0.109. The molecule has 204 valence electrons. The number of hydrogen-bond donors (Lipinski definition) is 5. The number of hydrogen-bond acceptors (Lipinski definition) is 8. The number of amides is 2. The smallest absolute Gasteiger partial charge is 0.314 e. The van der Waals surface area contributed by atoms with Gasteiger partial charge in [-0.1, -0.05) is 18.2 Å². The van der Waals surface area contributed by atoms with Crippen LogP contribution in [-0.2, 0) is 12.3 Å². The number of anilines is 2. The number of likely N-dealkylation sites (N-methyl/N-ethyl adjacent to an activating group) is 1. The summed E-state index contributed by atoms with van der Waals surface area (Å²) in [5.74, 6) is 1.97. The molecule has 2 aromatic heterocycles. The van der Waals surface area contributed by atoms with Crippen LogP contribution in [-0.4, -0.2) is 72.4 Å². The first kappa shape index (κ1) is 29.1. The van der Waals surface area contributed by atoms with E-state index in [1.807, 2.05) is 30.6 Å². The van der Waals surface area contributed by atoms with Crippen molar-refractivity contribution in [3.8, 4) is 0 Å². The molecule has 0 spiro atoms. The summed E-state index contributed by atoms with van der Waals surface area (Å²) in [5.41, 5.74) is 7.23. The Kier molecular flexibility index (Phi) is 12.1. The first-order valence-corrected chi connectivity index (χ1v) is 14.2. The number of nitrogens with two attached hydrogens (primary N) is 1. The van der Waals surface area contributed by atoms with Crippen molar-refractivity contribution in [2.24, 2.45) is 5.73 Å². The van der Waals surface area contributed by atoms with Gasteiger partial charge in [0.15, 0.2) is 11.1 Å². The monoisotopic (exact) mass is 559 g/mol. The highest BCUT2D eigenvalue weighted by atomic mass is 32.2. The van der Waals surface area contributed by atoms with Crippen molar-refractivity contribution in [1.82, 2.24) is 25.5 Å². The van der Waals surface area contributed by atoms with Crippen LogP contribution >= 0.6 is 23.1 Å². The fourth-order valence-corrected chi connectivity index (χ4v) is 4.99. The number of pyridine rings is 1. The molecule has 10 nitrogen and oxygen atoms in total. The van der Waals surface area contributed by atoms with E-state index in [0.29, 0.717) is 31.3 Å². The van der Waals surface area contributed by atoms with Gasteiger partial charge in [0.05, 0.1) is 5.69 Å². The molecule has 2 amide bonds. The number of nitrogens with zero attached hydrogens (tertiary/aromatic N) is 4. The van der Waals surface area contributed by atoms with Gasteiger partial charge in [0, 0.05) is 62.4 Å². The number of benzene rings is 1. The van der Waals surface area contributed by atoms with Gasteiger partial charge in [0.2, 0.25) is 0 Å². The SMILES string of the molecule is CN(CCNC(=O)NCCSCc1csc(NC(=N)N)n1)CCN(Cc1ccc(F)cc1)c1ccccn1. The molecule has 3 aromatic rings. The van der Waals surface area contributed by atoms with Gasteiger partial charge in [-0.05, 0) is 36.9 Å². The maximum atomic E-state index is 13.3. The summed E-state index contributed by atoms with van der Waals surface area (Å²) in [6, 6.07) is 12.1. The fourth-order valence-electron chi connectivity index (χ4n) is 3.41. The summed E-state index contributed by atoms with van der Waals surface area (Å²) in [6.45, 7) is 3.93. The minimum absolute atomic E-state index is 0.131. The number of aromatic nitrogens is 2. The normalized spacial score (nSPS) is 10.8. The Morgan fingerprint density at radius 2 is 1.92 bits per heavy atom. The van der Waals surface area contributed by atoms with E-state index < -0.39 is 0 Å². The van der Waals surface area contributed by atoms with Crippen molar-refractivity contribution in [2.75, 3.05) is 55.7 Å². The van der Waals surface area contributed by atoms with Crippen LogP contribution < -0.4 is 26.6 Å². The lowest BCUT2D eigenvalue weighted by atomic mass is 10.2. The fraction of sp³-hybridized carbons (Fsp3) is 0.360. The summed E-state index contributed by atoms with van der Waals surface area (Å²) < 4.78 is 13.3. The molecule has 0 saturated carbocycles. The molecule has 38 heavy (non-hydrogen) atoms. The molecule has 0 bridgehead atoms. The number of carbonyl (C=O) groups excluding carboxylic acids is 1.